The van der Waals surface area contributed by atoms with E-state index in [4.69, 9.17) is 10.8 Å². The van der Waals surface area contributed by atoms with Gasteiger partial charge in [-0.15, -0.1) is 0 Å². The van der Waals surface area contributed by atoms with Crippen LogP contribution < -0.4 is 5.73 Å². The number of benzene rings is 1. The Bertz CT molecular complexity index is 472. The van der Waals surface area contributed by atoms with Crippen LogP contribution in [0.2, 0.25) is 0 Å². The van der Waals surface area contributed by atoms with Gasteiger partial charge >= 0.3 is 5.97 Å². The van der Waals surface area contributed by atoms with Gasteiger partial charge in [-0.2, -0.15) is 0 Å². The van der Waals surface area contributed by atoms with E-state index in [9.17, 15) is 18.4 Å². The number of rotatable bonds is 4. The van der Waals surface area contributed by atoms with E-state index in [-0.39, 0.29) is 5.56 Å². The van der Waals surface area contributed by atoms with Gasteiger partial charge in [0, 0.05) is 12.5 Å². The molecule has 1 rings (SSSR count). The lowest BCUT2D eigenvalue weighted by Crippen LogP contribution is -2.46. The first-order valence-electron chi connectivity index (χ1n) is 4.74. The fourth-order valence-corrected chi connectivity index (χ4v) is 1.22. The van der Waals surface area contributed by atoms with Crippen LogP contribution >= 0.6 is 0 Å². The van der Waals surface area contributed by atoms with Gasteiger partial charge in [0.25, 0.3) is 0 Å². The van der Waals surface area contributed by atoms with Crippen molar-refractivity contribution < 1.29 is 23.5 Å². The second-order valence-electron chi connectivity index (χ2n) is 3.95. The zero-order valence-corrected chi connectivity index (χ0v) is 9.04. The second kappa shape index (κ2) is 4.58. The predicted octanol–water partition coefficient (Wildman–Crippen LogP) is 1.34. The highest BCUT2D eigenvalue weighted by Gasteiger charge is 2.32. The van der Waals surface area contributed by atoms with Crippen molar-refractivity contribution >= 4 is 11.8 Å². The molecule has 0 saturated heterocycles. The molecule has 3 N–H and O–H groups in total. The van der Waals surface area contributed by atoms with Gasteiger partial charge in [-0.25, -0.2) is 8.78 Å². The van der Waals surface area contributed by atoms with Gasteiger partial charge in [0.05, 0.1) is 5.56 Å². The summed E-state index contributed by atoms with van der Waals surface area (Å²) in [6.45, 7) is 1.15. The van der Waals surface area contributed by atoms with Crippen LogP contribution in [0, 0.1) is 11.6 Å². The monoisotopic (exact) mass is 243 g/mol. The van der Waals surface area contributed by atoms with Gasteiger partial charge in [0.1, 0.15) is 17.2 Å². The van der Waals surface area contributed by atoms with E-state index >= 15 is 0 Å². The molecule has 0 amide bonds. The first-order valence-corrected chi connectivity index (χ1v) is 4.74. The Labute approximate surface area is 96.0 Å². The molecular weight excluding hydrogens is 232 g/mol. The van der Waals surface area contributed by atoms with E-state index in [1.807, 2.05) is 0 Å². The van der Waals surface area contributed by atoms with E-state index < -0.39 is 35.3 Å². The van der Waals surface area contributed by atoms with Crippen LogP contribution in [0.1, 0.15) is 23.7 Å². The largest absolute Gasteiger partial charge is 0.480 e. The maximum atomic E-state index is 13.2. The molecule has 0 aromatic heterocycles. The lowest BCUT2D eigenvalue weighted by Gasteiger charge is -2.17. The van der Waals surface area contributed by atoms with E-state index in [2.05, 4.69) is 0 Å². The molecule has 1 aromatic carbocycles. The first kappa shape index (κ1) is 13.2. The van der Waals surface area contributed by atoms with Crippen LogP contribution in [-0.4, -0.2) is 22.4 Å². The van der Waals surface area contributed by atoms with Crippen molar-refractivity contribution in [1.82, 2.24) is 0 Å². The molecule has 0 saturated carbocycles. The smallest absolute Gasteiger partial charge is 0.323 e. The molecule has 1 aromatic rings. The number of hydrogen-bond donors (Lipinski definition) is 2. The summed E-state index contributed by atoms with van der Waals surface area (Å²) in [7, 11) is 0. The Morgan fingerprint density at radius 2 is 2.00 bits per heavy atom. The van der Waals surface area contributed by atoms with E-state index in [1.54, 1.807) is 0 Å². The Balaban J connectivity index is 2.95. The molecule has 0 spiro atoms. The summed E-state index contributed by atoms with van der Waals surface area (Å²) < 4.78 is 25.8. The average Bonchev–Trinajstić information content (AvgIpc) is 2.15. The molecule has 17 heavy (non-hydrogen) atoms. The van der Waals surface area contributed by atoms with Crippen molar-refractivity contribution in [2.75, 3.05) is 0 Å². The number of nitrogens with two attached hydrogens (primary N) is 1. The van der Waals surface area contributed by atoms with Crippen LogP contribution in [0.5, 0.6) is 0 Å². The van der Waals surface area contributed by atoms with E-state index in [0.717, 1.165) is 19.1 Å². The van der Waals surface area contributed by atoms with Crippen LogP contribution in [0.3, 0.4) is 0 Å². The van der Waals surface area contributed by atoms with Crippen molar-refractivity contribution in [3.8, 4) is 0 Å². The number of carbonyl (C=O) groups excluding carboxylic acids is 1. The molecule has 6 heteroatoms. The minimum absolute atomic E-state index is 0.371. The van der Waals surface area contributed by atoms with Gasteiger partial charge in [-0.05, 0) is 19.1 Å². The van der Waals surface area contributed by atoms with Gasteiger partial charge in [0.2, 0.25) is 0 Å². The first-order chi connectivity index (χ1) is 7.74. The normalized spacial score (nSPS) is 14.1. The van der Waals surface area contributed by atoms with Crippen LogP contribution in [-0.2, 0) is 4.79 Å². The van der Waals surface area contributed by atoms with Gasteiger partial charge in [-0.1, -0.05) is 0 Å². The highest BCUT2D eigenvalue weighted by molar-refractivity contribution is 6.00. The SMILES string of the molecule is CC(N)(CC(=O)c1ccc(F)cc1F)C(=O)O. The fraction of sp³-hybridized carbons (Fsp3) is 0.273. The Morgan fingerprint density at radius 3 is 2.47 bits per heavy atom. The second-order valence-corrected chi connectivity index (χ2v) is 3.95. The van der Waals surface area contributed by atoms with Gasteiger partial charge < -0.3 is 10.8 Å². The number of ketones is 1. The van der Waals surface area contributed by atoms with Crippen LogP contribution in [0.15, 0.2) is 18.2 Å². The Morgan fingerprint density at radius 1 is 1.41 bits per heavy atom. The topological polar surface area (TPSA) is 80.4 Å². The molecule has 92 valence electrons. The number of carboxylic acid groups (broad SMARTS) is 1. The number of carbonyl (C=O) groups is 2. The van der Waals surface area contributed by atoms with Crippen molar-refractivity contribution in [2.45, 2.75) is 18.9 Å². The molecule has 0 bridgehead atoms. The summed E-state index contributed by atoms with van der Waals surface area (Å²) in [5.41, 5.74) is 3.21. The summed E-state index contributed by atoms with van der Waals surface area (Å²) in [6.07, 6.45) is -0.565. The predicted molar refractivity (Wildman–Crippen MR) is 55.5 cm³/mol. The summed E-state index contributed by atoms with van der Waals surface area (Å²) >= 11 is 0. The molecule has 1 atom stereocenters. The fourth-order valence-electron chi connectivity index (χ4n) is 1.22. The molecule has 0 radical (unpaired) electrons. The van der Waals surface area contributed by atoms with Crippen molar-refractivity contribution in [1.29, 1.82) is 0 Å². The Kier molecular flexibility index (Phi) is 3.57. The zero-order valence-electron chi connectivity index (χ0n) is 9.04. The number of halogens is 2. The Hall–Kier alpha value is -1.82. The number of hydrogen-bond acceptors (Lipinski definition) is 3. The minimum Gasteiger partial charge on any atom is -0.480 e. The standard InChI is InChI=1S/C11H11F2NO3/c1-11(14,10(16)17)5-9(15)7-3-2-6(12)4-8(7)13/h2-4H,5,14H2,1H3,(H,16,17). The van der Waals surface area contributed by atoms with Crippen LogP contribution in [0.4, 0.5) is 8.78 Å². The van der Waals surface area contributed by atoms with E-state index in [0.29, 0.717) is 6.07 Å². The molecule has 0 aliphatic heterocycles. The molecule has 4 nitrogen and oxygen atoms in total. The van der Waals surface area contributed by atoms with Crippen LogP contribution in [0.25, 0.3) is 0 Å². The van der Waals surface area contributed by atoms with Crippen molar-refractivity contribution in [3.63, 3.8) is 0 Å². The molecule has 0 heterocycles. The lowest BCUT2D eigenvalue weighted by molar-refractivity contribution is -0.142. The number of carboxylic acids is 1. The van der Waals surface area contributed by atoms with Gasteiger partial charge in [-0.3, -0.25) is 9.59 Å². The summed E-state index contributed by atoms with van der Waals surface area (Å²) in [4.78, 5) is 22.3. The number of aliphatic carboxylic acids is 1. The minimum atomic E-state index is -1.78. The maximum absolute atomic E-state index is 13.2. The summed E-state index contributed by atoms with van der Waals surface area (Å²) in [5, 5.41) is 8.72. The molecule has 0 aliphatic carbocycles. The molecule has 0 fully saturated rings. The third-order valence-corrected chi connectivity index (χ3v) is 2.25. The summed E-state index contributed by atoms with van der Waals surface area (Å²) in [5.74, 6) is -3.99. The van der Waals surface area contributed by atoms with Crippen molar-refractivity contribution in [2.24, 2.45) is 5.73 Å². The molecular formula is C11H11F2NO3. The average molecular weight is 243 g/mol. The third kappa shape index (κ3) is 3.07. The molecule has 0 aliphatic rings. The third-order valence-electron chi connectivity index (χ3n) is 2.25. The van der Waals surface area contributed by atoms with Gasteiger partial charge in [0.15, 0.2) is 5.78 Å². The van der Waals surface area contributed by atoms with E-state index in [1.165, 1.54) is 0 Å². The highest BCUT2D eigenvalue weighted by atomic mass is 19.1. The highest BCUT2D eigenvalue weighted by Crippen LogP contribution is 2.16. The lowest BCUT2D eigenvalue weighted by atomic mass is 9.93. The molecule has 1 unspecified atom stereocenters. The van der Waals surface area contributed by atoms with Crippen molar-refractivity contribution in [3.05, 3.63) is 35.4 Å². The zero-order chi connectivity index (χ0) is 13.2. The maximum Gasteiger partial charge on any atom is 0.323 e. The quantitative estimate of drug-likeness (QED) is 0.782. The summed E-state index contributed by atoms with van der Waals surface area (Å²) in [6, 6.07) is 2.44. The number of Topliss-reactive ketones (excluding diaryl/α,β-unsaturated/α-hetero) is 1.